The summed E-state index contributed by atoms with van der Waals surface area (Å²) in [4.78, 5) is 0. The third-order valence-corrected chi connectivity index (χ3v) is 5.71. The van der Waals surface area contributed by atoms with Crippen molar-refractivity contribution in [2.75, 3.05) is 0 Å². The van der Waals surface area contributed by atoms with Crippen LogP contribution in [0.25, 0.3) is 43.1 Å². The molecule has 0 N–H and O–H groups in total. The summed E-state index contributed by atoms with van der Waals surface area (Å²) in [5, 5.41) is 10.3. The van der Waals surface area contributed by atoms with Crippen LogP contribution in [0.4, 0.5) is 0 Å². The van der Waals surface area contributed by atoms with Gasteiger partial charge in [0.25, 0.3) is 0 Å². The lowest BCUT2D eigenvalue weighted by Crippen LogP contribution is -1.85. The molecule has 0 nitrogen and oxygen atoms in total. The van der Waals surface area contributed by atoms with E-state index in [1.165, 1.54) is 43.1 Å². The summed E-state index contributed by atoms with van der Waals surface area (Å²) in [5.41, 5.74) is 0. The average Bonchev–Trinajstić information content (AvgIpc) is 2.60. The maximum absolute atomic E-state index is 3.63. The molecule has 0 fully saturated rings. The second kappa shape index (κ2) is 5.30. The first-order chi connectivity index (χ1) is 11.7. The Labute approximate surface area is 156 Å². The lowest BCUT2D eigenvalue weighted by Gasteiger charge is -2.12. The second-order valence-electron chi connectivity index (χ2n) is 6.12. The van der Waals surface area contributed by atoms with Crippen molar-refractivity contribution in [3.8, 4) is 0 Å². The van der Waals surface area contributed by atoms with E-state index >= 15 is 0 Å². The van der Waals surface area contributed by atoms with E-state index in [0.29, 0.717) is 0 Å². The van der Waals surface area contributed by atoms with Gasteiger partial charge in [0.1, 0.15) is 0 Å². The smallest absolute Gasteiger partial charge is 0.0181 e. The largest absolute Gasteiger partial charge is 0.0616 e. The maximum Gasteiger partial charge on any atom is 0.0181 e. The molecule has 0 aromatic heterocycles. The molecule has 0 spiro atoms. The highest BCUT2D eigenvalue weighted by Gasteiger charge is 2.10. The van der Waals surface area contributed by atoms with Crippen LogP contribution in [0.15, 0.2) is 81.7 Å². The van der Waals surface area contributed by atoms with E-state index in [0.717, 1.165) is 8.95 Å². The van der Waals surface area contributed by atoms with Crippen molar-refractivity contribution in [2.24, 2.45) is 0 Å². The van der Waals surface area contributed by atoms with Crippen LogP contribution in [0.5, 0.6) is 0 Å². The summed E-state index contributed by atoms with van der Waals surface area (Å²) in [6.07, 6.45) is 0. The molecular weight excluding hydrogens is 424 g/mol. The molecule has 0 atom stereocenters. The summed E-state index contributed by atoms with van der Waals surface area (Å²) >= 11 is 7.26. The van der Waals surface area contributed by atoms with Crippen LogP contribution < -0.4 is 0 Å². The van der Waals surface area contributed by atoms with Gasteiger partial charge in [0.15, 0.2) is 0 Å². The Morgan fingerprint density at radius 1 is 0.417 bits per heavy atom. The molecule has 24 heavy (non-hydrogen) atoms. The third-order valence-electron chi connectivity index (χ3n) is 4.72. The van der Waals surface area contributed by atoms with E-state index < -0.39 is 0 Å². The number of fused-ring (bicyclic) bond motifs is 7. The standard InChI is InChI=1S/C22H12Br2/c23-15-5-7-17-19-9-13-3-1-2-4-14(13)10-20(19)18-8-6-16(24)12-22(18)21(17)11-15/h1-12H. The molecule has 0 radical (unpaired) electrons. The lowest BCUT2D eigenvalue weighted by molar-refractivity contribution is 1.72. The van der Waals surface area contributed by atoms with E-state index in [4.69, 9.17) is 0 Å². The number of hydrogen-bond donors (Lipinski definition) is 0. The third kappa shape index (κ3) is 2.10. The van der Waals surface area contributed by atoms with Gasteiger partial charge in [-0.25, -0.2) is 0 Å². The Kier molecular flexibility index (Phi) is 3.19. The Morgan fingerprint density at radius 2 is 0.833 bits per heavy atom. The number of hydrogen-bond acceptors (Lipinski definition) is 0. The van der Waals surface area contributed by atoms with Gasteiger partial charge in [-0.15, -0.1) is 0 Å². The fourth-order valence-electron chi connectivity index (χ4n) is 3.63. The molecule has 0 saturated heterocycles. The molecule has 0 aliphatic rings. The van der Waals surface area contributed by atoms with E-state index in [1.807, 2.05) is 0 Å². The van der Waals surface area contributed by atoms with Gasteiger partial charge in [-0.3, -0.25) is 0 Å². The normalized spacial score (nSPS) is 11.8. The molecule has 0 unspecified atom stereocenters. The summed E-state index contributed by atoms with van der Waals surface area (Å²) in [6.45, 7) is 0. The molecule has 0 aliphatic heterocycles. The monoisotopic (exact) mass is 434 g/mol. The Balaban J connectivity index is 2.14. The Bertz CT molecular complexity index is 1170. The quantitative estimate of drug-likeness (QED) is 0.172. The molecule has 0 aliphatic carbocycles. The summed E-state index contributed by atoms with van der Waals surface area (Å²) in [6, 6.07) is 26.4. The fourth-order valence-corrected chi connectivity index (χ4v) is 4.36. The van der Waals surface area contributed by atoms with Crippen LogP contribution in [-0.2, 0) is 0 Å². The molecule has 5 rings (SSSR count). The van der Waals surface area contributed by atoms with Gasteiger partial charge in [-0.2, -0.15) is 0 Å². The van der Waals surface area contributed by atoms with Gasteiger partial charge in [0, 0.05) is 8.95 Å². The first-order valence-electron chi connectivity index (χ1n) is 7.84. The zero-order valence-electron chi connectivity index (χ0n) is 12.7. The van der Waals surface area contributed by atoms with Gasteiger partial charge in [0.05, 0.1) is 0 Å². The summed E-state index contributed by atoms with van der Waals surface area (Å²) < 4.78 is 2.22. The average molecular weight is 436 g/mol. The molecule has 2 heteroatoms. The van der Waals surface area contributed by atoms with Crippen LogP contribution in [0.1, 0.15) is 0 Å². The highest BCUT2D eigenvalue weighted by molar-refractivity contribution is 9.10. The van der Waals surface area contributed by atoms with Crippen LogP contribution in [-0.4, -0.2) is 0 Å². The molecule has 0 saturated carbocycles. The molecule has 0 amide bonds. The molecule has 5 aromatic carbocycles. The van der Waals surface area contributed by atoms with E-state index in [9.17, 15) is 0 Å². The predicted octanol–water partition coefficient (Wildman–Crippen LogP) is 7.82. The maximum atomic E-state index is 3.63. The van der Waals surface area contributed by atoms with Gasteiger partial charge in [-0.05, 0) is 79.5 Å². The minimum absolute atomic E-state index is 1.11. The topological polar surface area (TPSA) is 0 Å². The van der Waals surface area contributed by atoms with Crippen molar-refractivity contribution >= 4 is 74.9 Å². The zero-order chi connectivity index (χ0) is 16.3. The minimum Gasteiger partial charge on any atom is -0.0616 e. The van der Waals surface area contributed by atoms with E-state index in [-0.39, 0.29) is 0 Å². The fraction of sp³-hybridized carbons (Fsp3) is 0. The van der Waals surface area contributed by atoms with Crippen molar-refractivity contribution < 1.29 is 0 Å². The highest BCUT2D eigenvalue weighted by atomic mass is 79.9. The van der Waals surface area contributed by atoms with Crippen molar-refractivity contribution in [2.45, 2.75) is 0 Å². The van der Waals surface area contributed by atoms with Crippen molar-refractivity contribution in [1.29, 1.82) is 0 Å². The molecule has 5 aromatic rings. The number of benzene rings is 5. The lowest BCUT2D eigenvalue weighted by atomic mass is 9.92. The first-order valence-corrected chi connectivity index (χ1v) is 9.42. The van der Waals surface area contributed by atoms with Crippen molar-refractivity contribution in [3.05, 3.63) is 81.7 Å². The zero-order valence-corrected chi connectivity index (χ0v) is 15.9. The Hall–Kier alpha value is -1.90. The second-order valence-corrected chi connectivity index (χ2v) is 7.96. The van der Waals surface area contributed by atoms with E-state index in [2.05, 4.69) is 105 Å². The number of rotatable bonds is 0. The van der Waals surface area contributed by atoms with Gasteiger partial charge in [-0.1, -0.05) is 68.3 Å². The van der Waals surface area contributed by atoms with Gasteiger partial charge >= 0.3 is 0 Å². The van der Waals surface area contributed by atoms with Crippen molar-refractivity contribution in [3.63, 3.8) is 0 Å². The highest BCUT2D eigenvalue weighted by Crippen LogP contribution is 2.39. The first kappa shape index (κ1) is 14.4. The summed E-state index contributed by atoms with van der Waals surface area (Å²) in [5.74, 6) is 0. The molecular formula is C22H12Br2. The SMILES string of the molecule is Brc1ccc2c(c1)c1cc(Br)ccc1c1cc3ccccc3cc21. The predicted molar refractivity (Wildman–Crippen MR) is 112 cm³/mol. The van der Waals surface area contributed by atoms with Crippen molar-refractivity contribution in [1.82, 2.24) is 0 Å². The molecule has 0 heterocycles. The van der Waals surface area contributed by atoms with E-state index in [1.54, 1.807) is 0 Å². The van der Waals surface area contributed by atoms with Crippen LogP contribution in [0.2, 0.25) is 0 Å². The van der Waals surface area contributed by atoms with Gasteiger partial charge < -0.3 is 0 Å². The Morgan fingerprint density at radius 3 is 1.29 bits per heavy atom. The summed E-state index contributed by atoms with van der Waals surface area (Å²) in [7, 11) is 0. The molecule has 0 bridgehead atoms. The minimum atomic E-state index is 1.11. The van der Waals surface area contributed by atoms with Crippen LogP contribution >= 0.6 is 31.9 Å². The van der Waals surface area contributed by atoms with Crippen LogP contribution in [0.3, 0.4) is 0 Å². The molecule has 114 valence electrons. The number of halogens is 2. The van der Waals surface area contributed by atoms with Gasteiger partial charge in [0.2, 0.25) is 0 Å². The van der Waals surface area contributed by atoms with Crippen LogP contribution in [0, 0.1) is 0 Å².